The van der Waals surface area contributed by atoms with Gasteiger partial charge >= 0.3 is 0 Å². The number of primary amides is 1. The van der Waals surface area contributed by atoms with E-state index in [4.69, 9.17) is 11.5 Å². The SMILES string of the molecule is NCCc1nc(C(=O)Nc2ccccc2C(=O)NCCC(N)=O)cs1. The molecule has 0 atom stereocenters. The van der Waals surface area contributed by atoms with E-state index in [1.165, 1.54) is 11.3 Å². The smallest absolute Gasteiger partial charge is 0.275 e. The highest BCUT2D eigenvalue weighted by Crippen LogP contribution is 2.17. The lowest BCUT2D eigenvalue weighted by Gasteiger charge is -2.10. The van der Waals surface area contributed by atoms with Crippen molar-refractivity contribution in [1.82, 2.24) is 10.3 Å². The molecule has 8 nitrogen and oxygen atoms in total. The van der Waals surface area contributed by atoms with Gasteiger partial charge in [-0.05, 0) is 18.7 Å². The second kappa shape index (κ2) is 8.90. The number of para-hydroxylation sites is 1. The first-order chi connectivity index (χ1) is 12.0. The van der Waals surface area contributed by atoms with Gasteiger partial charge < -0.3 is 22.1 Å². The summed E-state index contributed by atoms with van der Waals surface area (Å²) < 4.78 is 0. The van der Waals surface area contributed by atoms with Gasteiger partial charge in [0.05, 0.1) is 16.3 Å². The number of anilines is 1. The summed E-state index contributed by atoms with van der Waals surface area (Å²) >= 11 is 1.36. The Labute approximate surface area is 148 Å². The molecule has 25 heavy (non-hydrogen) atoms. The van der Waals surface area contributed by atoms with E-state index in [-0.39, 0.29) is 24.2 Å². The molecule has 0 bridgehead atoms. The molecule has 1 heterocycles. The lowest BCUT2D eigenvalue weighted by atomic mass is 10.1. The van der Waals surface area contributed by atoms with E-state index in [2.05, 4.69) is 15.6 Å². The van der Waals surface area contributed by atoms with Crippen LogP contribution >= 0.6 is 11.3 Å². The van der Waals surface area contributed by atoms with Crippen molar-refractivity contribution in [3.05, 3.63) is 45.9 Å². The zero-order chi connectivity index (χ0) is 18.2. The number of carbonyl (C=O) groups is 3. The van der Waals surface area contributed by atoms with Gasteiger partial charge in [-0.2, -0.15) is 0 Å². The van der Waals surface area contributed by atoms with Crippen LogP contribution in [0.4, 0.5) is 5.69 Å². The summed E-state index contributed by atoms with van der Waals surface area (Å²) in [6.07, 6.45) is 0.653. The topological polar surface area (TPSA) is 140 Å². The van der Waals surface area contributed by atoms with Gasteiger partial charge in [-0.3, -0.25) is 14.4 Å². The fourth-order valence-electron chi connectivity index (χ4n) is 2.02. The van der Waals surface area contributed by atoms with E-state index < -0.39 is 17.7 Å². The lowest BCUT2D eigenvalue weighted by molar-refractivity contribution is -0.117. The molecule has 0 unspecified atom stereocenters. The number of nitrogens with two attached hydrogens (primary N) is 2. The number of hydrogen-bond donors (Lipinski definition) is 4. The molecule has 0 aliphatic heterocycles. The zero-order valence-electron chi connectivity index (χ0n) is 13.5. The monoisotopic (exact) mass is 361 g/mol. The Kier molecular flexibility index (Phi) is 6.61. The van der Waals surface area contributed by atoms with Crippen molar-refractivity contribution in [2.45, 2.75) is 12.8 Å². The molecule has 1 aromatic heterocycles. The molecule has 0 radical (unpaired) electrons. The lowest BCUT2D eigenvalue weighted by Crippen LogP contribution is -2.28. The Morgan fingerprint density at radius 3 is 2.64 bits per heavy atom. The molecule has 9 heteroatoms. The van der Waals surface area contributed by atoms with Crippen LogP contribution in [-0.4, -0.2) is 35.8 Å². The molecule has 0 saturated heterocycles. The molecule has 0 spiro atoms. The first-order valence-corrected chi connectivity index (χ1v) is 8.50. The summed E-state index contributed by atoms with van der Waals surface area (Å²) in [5.41, 5.74) is 11.4. The average Bonchev–Trinajstić information content (AvgIpc) is 3.04. The Morgan fingerprint density at radius 1 is 1.16 bits per heavy atom. The van der Waals surface area contributed by atoms with Crippen molar-refractivity contribution >= 4 is 34.7 Å². The minimum absolute atomic E-state index is 0.0447. The predicted molar refractivity (Wildman–Crippen MR) is 95.4 cm³/mol. The predicted octanol–water partition coefficient (Wildman–Crippen LogP) is 0.502. The van der Waals surface area contributed by atoms with Crippen LogP contribution in [0.1, 0.15) is 32.3 Å². The molecule has 3 amide bonds. The second-order valence-electron chi connectivity index (χ2n) is 5.14. The van der Waals surface area contributed by atoms with E-state index in [0.717, 1.165) is 5.01 Å². The van der Waals surface area contributed by atoms with E-state index in [1.807, 2.05) is 0 Å². The van der Waals surface area contributed by atoms with Crippen LogP contribution in [0.2, 0.25) is 0 Å². The highest BCUT2D eigenvalue weighted by Gasteiger charge is 2.16. The molecule has 2 rings (SSSR count). The van der Waals surface area contributed by atoms with Gasteiger partial charge in [-0.1, -0.05) is 12.1 Å². The highest BCUT2D eigenvalue weighted by molar-refractivity contribution is 7.09. The van der Waals surface area contributed by atoms with Crippen molar-refractivity contribution in [3.8, 4) is 0 Å². The molecule has 0 aliphatic rings. The van der Waals surface area contributed by atoms with Crippen LogP contribution in [-0.2, 0) is 11.2 Å². The largest absolute Gasteiger partial charge is 0.370 e. The molecule has 1 aromatic carbocycles. The van der Waals surface area contributed by atoms with Gasteiger partial charge in [-0.25, -0.2) is 4.98 Å². The highest BCUT2D eigenvalue weighted by atomic mass is 32.1. The Morgan fingerprint density at radius 2 is 1.92 bits per heavy atom. The van der Waals surface area contributed by atoms with Crippen molar-refractivity contribution < 1.29 is 14.4 Å². The number of benzene rings is 1. The van der Waals surface area contributed by atoms with Gasteiger partial charge in [0.25, 0.3) is 11.8 Å². The third kappa shape index (κ3) is 5.37. The minimum atomic E-state index is -0.501. The fraction of sp³-hybridized carbons (Fsp3) is 0.250. The van der Waals surface area contributed by atoms with Crippen LogP contribution < -0.4 is 22.1 Å². The number of nitrogens with zero attached hydrogens (tertiary/aromatic N) is 1. The zero-order valence-corrected chi connectivity index (χ0v) is 14.3. The molecule has 2 aromatic rings. The van der Waals surface area contributed by atoms with Crippen molar-refractivity contribution in [2.24, 2.45) is 11.5 Å². The summed E-state index contributed by atoms with van der Waals surface area (Å²) in [6.45, 7) is 0.591. The van der Waals surface area contributed by atoms with Crippen LogP contribution in [0.25, 0.3) is 0 Å². The van der Waals surface area contributed by atoms with Gasteiger partial charge in [-0.15, -0.1) is 11.3 Å². The quantitative estimate of drug-likeness (QED) is 0.542. The summed E-state index contributed by atoms with van der Waals surface area (Å²) in [6, 6.07) is 6.59. The fourth-order valence-corrected chi connectivity index (χ4v) is 2.82. The maximum atomic E-state index is 12.3. The number of hydrogen-bond acceptors (Lipinski definition) is 6. The number of rotatable bonds is 8. The van der Waals surface area contributed by atoms with E-state index in [1.54, 1.807) is 29.6 Å². The van der Waals surface area contributed by atoms with Crippen molar-refractivity contribution in [3.63, 3.8) is 0 Å². The van der Waals surface area contributed by atoms with Gasteiger partial charge in [0.1, 0.15) is 5.69 Å². The summed E-state index contributed by atoms with van der Waals surface area (Å²) in [5.74, 6) is -1.31. The Balaban J connectivity index is 2.07. The molecule has 132 valence electrons. The van der Waals surface area contributed by atoms with E-state index >= 15 is 0 Å². The van der Waals surface area contributed by atoms with Gasteiger partial charge in [0.2, 0.25) is 5.91 Å². The molecule has 0 aliphatic carbocycles. The minimum Gasteiger partial charge on any atom is -0.370 e. The molecular weight excluding hydrogens is 342 g/mol. The molecule has 6 N–H and O–H groups in total. The molecular formula is C16H19N5O3S. The number of aromatic nitrogens is 1. The van der Waals surface area contributed by atoms with Crippen molar-refractivity contribution in [2.75, 3.05) is 18.4 Å². The van der Waals surface area contributed by atoms with Crippen LogP contribution in [0.5, 0.6) is 0 Å². The first-order valence-electron chi connectivity index (χ1n) is 7.62. The maximum absolute atomic E-state index is 12.3. The summed E-state index contributed by atoms with van der Waals surface area (Å²) in [4.78, 5) is 39.5. The second-order valence-corrected chi connectivity index (χ2v) is 6.08. The number of nitrogens with one attached hydrogen (secondary N) is 2. The maximum Gasteiger partial charge on any atom is 0.275 e. The number of thiazole rings is 1. The summed E-state index contributed by atoms with van der Waals surface area (Å²) in [5, 5.41) is 7.70. The molecule has 0 saturated carbocycles. The van der Waals surface area contributed by atoms with E-state index in [0.29, 0.717) is 18.7 Å². The van der Waals surface area contributed by atoms with Gasteiger partial charge in [0.15, 0.2) is 0 Å². The summed E-state index contributed by atoms with van der Waals surface area (Å²) in [7, 11) is 0. The molecule has 0 fully saturated rings. The standard InChI is InChI=1S/C16H19N5O3S/c17-7-5-14-20-12(9-25-14)16(24)21-11-4-2-1-3-10(11)15(23)19-8-6-13(18)22/h1-4,9H,5-8,17H2,(H2,18,22)(H,19,23)(H,21,24). The Bertz CT molecular complexity index is 775. The first kappa shape index (κ1) is 18.6. The van der Waals surface area contributed by atoms with Crippen molar-refractivity contribution in [1.29, 1.82) is 0 Å². The van der Waals surface area contributed by atoms with Gasteiger partial charge in [0, 0.05) is 24.8 Å². The Hall–Kier alpha value is -2.78. The third-order valence-electron chi connectivity index (χ3n) is 3.22. The number of carbonyl (C=O) groups excluding carboxylic acids is 3. The van der Waals surface area contributed by atoms with E-state index in [9.17, 15) is 14.4 Å². The van der Waals surface area contributed by atoms with Crippen LogP contribution in [0.3, 0.4) is 0 Å². The average molecular weight is 361 g/mol. The van der Waals surface area contributed by atoms with Crippen LogP contribution in [0.15, 0.2) is 29.6 Å². The third-order valence-corrected chi connectivity index (χ3v) is 4.13. The normalized spacial score (nSPS) is 10.3. The van der Waals surface area contributed by atoms with Crippen LogP contribution in [0, 0.1) is 0 Å². The number of amides is 3.